The molecule has 0 aliphatic carbocycles. The molecule has 0 spiro atoms. The maximum absolute atomic E-state index is 6.07. The van der Waals surface area contributed by atoms with Crippen molar-refractivity contribution in [1.29, 1.82) is 0 Å². The zero-order valence-corrected chi connectivity index (χ0v) is 10.5. The second-order valence-corrected chi connectivity index (χ2v) is 4.22. The van der Waals surface area contributed by atoms with Crippen LogP contribution in [0.3, 0.4) is 0 Å². The lowest BCUT2D eigenvalue weighted by Gasteiger charge is -2.14. The number of rotatable bonds is 5. The summed E-state index contributed by atoms with van der Waals surface area (Å²) in [5, 5.41) is 0.738. The fourth-order valence-corrected chi connectivity index (χ4v) is 1.87. The molecule has 1 aromatic heterocycles. The molecule has 2 rings (SSSR count). The standard InChI is InChI=1S/C14H15ClO2/c1-2-13(14-8-5-9-16-14)17-10-11-6-3-4-7-12(11)15/h3-9,13H,2,10H2,1H3. The molecule has 0 amide bonds. The van der Waals surface area contributed by atoms with Crippen molar-refractivity contribution in [2.45, 2.75) is 26.1 Å². The second kappa shape index (κ2) is 5.89. The van der Waals surface area contributed by atoms with Crippen LogP contribution in [0.2, 0.25) is 5.02 Å². The van der Waals surface area contributed by atoms with Crippen molar-refractivity contribution in [1.82, 2.24) is 0 Å². The van der Waals surface area contributed by atoms with E-state index in [4.69, 9.17) is 20.8 Å². The van der Waals surface area contributed by atoms with E-state index in [2.05, 4.69) is 6.92 Å². The summed E-state index contributed by atoms with van der Waals surface area (Å²) in [6.07, 6.45) is 2.52. The predicted octanol–water partition coefficient (Wildman–Crippen LogP) is 4.60. The minimum absolute atomic E-state index is 0.0127. The van der Waals surface area contributed by atoms with Gasteiger partial charge in [0.2, 0.25) is 0 Å². The topological polar surface area (TPSA) is 22.4 Å². The number of ether oxygens (including phenoxy) is 1. The van der Waals surface area contributed by atoms with Crippen molar-refractivity contribution < 1.29 is 9.15 Å². The first-order valence-electron chi connectivity index (χ1n) is 5.69. The Balaban J connectivity index is 2.00. The molecule has 0 fully saturated rings. The van der Waals surface area contributed by atoms with Gasteiger partial charge in [-0.05, 0) is 30.2 Å². The van der Waals surface area contributed by atoms with Gasteiger partial charge in [0.15, 0.2) is 0 Å². The Hall–Kier alpha value is -1.25. The second-order valence-electron chi connectivity index (χ2n) is 3.81. The number of hydrogen-bond acceptors (Lipinski definition) is 2. The molecule has 0 bridgehead atoms. The highest BCUT2D eigenvalue weighted by Crippen LogP contribution is 2.24. The highest BCUT2D eigenvalue weighted by Gasteiger charge is 2.13. The summed E-state index contributed by atoms with van der Waals surface area (Å²) < 4.78 is 11.2. The molecule has 0 saturated carbocycles. The molecule has 0 saturated heterocycles. The Labute approximate surface area is 106 Å². The van der Waals surface area contributed by atoms with Gasteiger partial charge in [0, 0.05) is 5.02 Å². The Morgan fingerprint density at radius 3 is 2.71 bits per heavy atom. The van der Waals surface area contributed by atoms with Gasteiger partial charge in [0.05, 0.1) is 12.9 Å². The zero-order valence-electron chi connectivity index (χ0n) is 9.73. The maximum atomic E-state index is 6.07. The molecule has 0 aliphatic heterocycles. The van der Waals surface area contributed by atoms with Crippen LogP contribution in [-0.2, 0) is 11.3 Å². The minimum atomic E-state index is -0.0127. The fraction of sp³-hybridized carbons (Fsp3) is 0.286. The lowest BCUT2D eigenvalue weighted by molar-refractivity contribution is 0.0230. The van der Waals surface area contributed by atoms with Gasteiger partial charge in [0.1, 0.15) is 11.9 Å². The van der Waals surface area contributed by atoms with Crippen LogP contribution in [0.1, 0.15) is 30.8 Å². The van der Waals surface area contributed by atoms with Gasteiger partial charge in [-0.2, -0.15) is 0 Å². The molecule has 3 heteroatoms. The Morgan fingerprint density at radius 2 is 2.06 bits per heavy atom. The third-order valence-corrected chi connectivity index (χ3v) is 3.00. The Kier molecular flexibility index (Phi) is 4.24. The number of hydrogen-bond donors (Lipinski definition) is 0. The third kappa shape index (κ3) is 3.11. The Bertz CT molecular complexity index is 451. The van der Waals surface area contributed by atoms with Gasteiger partial charge >= 0.3 is 0 Å². The summed E-state index contributed by atoms with van der Waals surface area (Å²) in [7, 11) is 0. The van der Waals surface area contributed by atoms with Crippen LogP contribution in [0.4, 0.5) is 0 Å². The van der Waals surface area contributed by atoms with Gasteiger partial charge in [0.25, 0.3) is 0 Å². The molecule has 2 aromatic rings. The molecule has 0 aliphatic rings. The number of halogens is 1. The SMILES string of the molecule is CCC(OCc1ccccc1Cl)c1ccco1. The molecule has 1 atom stereocenters. The molecule has 0 N–H and O–H groups in total. The van der Waals surface area contributed by atoms with Crippen molar-refractivity contribution in [3.8, 4) is 0 Å². The van der Waals surface area contributed by atoms with Crippen LogP contribution in [0.15, 0.2) is 47.1 Å². The van der Waals surface area contributed by atoms with E-state index in [-0.39, 0.29) is 6.10 Å². The lowest BCUT2D eigenvalue weighted by Crippen LogP contribution is -2.02. The molecular weight excluding hydrogens is 236 g/mol. The van der Waals surface area contributed by atoms with Crippen molar-refractivity contribution in [2.24, 2.45) is 0 Å². The Morgan fingerprint density at radius 1 is 1.24 bits per heavy atom. The average Bonchev–Trinajstić information content (AvgIpc) is 2.86. The first-order chi connectivity index (χ1) is 8.31. The van der Waals surface area contributed by atoms with E-state index in [0.717, 1.165) is 22.8 Å². The maximum Gasteiger partial charge on any atom is 0.132 e. The highest BCUT2D eigenvalue weighted by atomic mass is 35.5. The summed E-state index contributed by atoms with van der Waals surface area (Å²) in [5.74, 6) is 0.861. The van der Waals surface area contributed by atoms with E-state index in [9.17, 15) is 0 Å². The van der Waals surface area contributed by atoms with Crippen molar-refractivity contribution in [3.05, 3.63) is 59.0 Å². The summed E-state index contributed by atoms with van der Waals surface area (Å²) in [6, 6.07) is 11.5. The van der Waals surface area contributed by atoms with Crippen LogP contribution in [0.5, 0.6) is 0 Å². The first kappa shape index (κ1) is 12.2. The van der Waals surface area contributed by atoms with Crippen LogP contribution in [0, 0.1) is 0 Å². The van der Waals surface area contributed by atoms with E-state index in [1.165, 1.54) is 0 Å². The molecular formula is C14H15ClO2. The van der Waals surface area contributed by atoms with Crippen LogP contribution in [0.25, 0.3) is 0 Å². The number of furan rings is 1. The molecule has 17 heavy (non-hydrogen) atoms. The summed E-state index contributed by atoms with van der Waals surface area (Å²) in [4.78, 5) is 0. The average molecular weight is 251 g/mol. The minimum Gasteiger partial charge on any atom is -0.467 e. The molecule has 1 aromatic carbocycles. The summed E-state index contributed by atoms with van der Waals surface area (Å²) >= 11 is 6.07. The normalized spacial score (nSPS) is 12.6. The van der Waals surface area contributed by atoms with Crippen molar-refractivity contribution >= 4 is 11.6 Å². The quantitative estimate of drug-likeness (QED) is 0.774. The summed E-state index contributed by atoms with van der Waals surface area (Å²) in [6.45, 7) is 2.57. The highest BCUT2D eigenvalue weighted by molar-refractivity contribution is 6.31. The van der Waals surface area contributed by atoms with E-state index < -0.39 is 0 Å². The zero-order chi connectivity index (χ0) is 12.1. The monoisotopic (exact) mass is 250 g/mol. The molecule has 0 radical (unpaired) electrons. The lowest BCUT2D eigenvalue weighted by atomic mass is 10.2. The van der Waals surface area contributed by atoms with E-state index in [0.29, 0.717) is 6.61 Å². The smallest absolute Gasteiger partial charge is 0.132 e. The predicted molar refractivity (Wildman–Crippen MR) is 68.0 cm³/mol. The van der Waals surface area contributed by atoms with Gasteiger partial charge in [-0.25, -0.2) is 0 Å². The van der Waals surface area contributed by atoms with E-state index >= 15 is 0 Å². The van der Waals surface area contributed by atoms with Gasteiger partial charge < -0.3 is 9.15 Å². The van der Waals surface area contributed by atoms with Crippen LogP contribution in [-0.4, -0.2) is 0 Å². The van der Waals surface area contributed by atoms with E-state index in [1.807, 2.05) is 36.4 Å². The largest absolute Gasteiger partial charge is 0.467 e. The molecule has 1 heterocycles. The van der Waals surface area contributed by atoms with Gasteiger partial charge in [-0.3, -0.25) is 0 Å². The first-order valence-corrected chi connectivity index (χ1v) is 6.07. The molecule has 90 valence electrons. The van der Waals surface area contributed by atoms with Gasteiger partial charge in [-0.1, -0.05) is 36.7 Å². The molecule has 1 unspecified atom stereocenters. The summed E-state index contributed by atoms with van der Waals surface area (Å²) in [5.41, 5.74) is 0.999. The van der Waals surface area contributed by atoms with Crippen LogP contribution >= 0.6 is 11.6 Å². The van der Waals surface area contributed by atoms with E-state index in [1.54, 1.807) is 6.26 Å². The molecule has 2 nitrogen and oxygen atoms in total. The van der Waals surface area contributed by atoms with Gasteiger partial charge in [-0.15, -0.1) is 0 Å². The number of benzene rings is 1. The third-order valence-electron chi connectivity index (χ3n) is 2.63. The fourth-order valence-electron chi connectivity index (χ4n) is 1.68. The van der Waals surface area contributed by atoms with Crippen molar-refractivity contribution in [3.63, 3.8) is 0 Å². The van der Waals surface area contributed by atoms with Crippen molar-refractivity contribution in [2.75, 3.05) is 0 Å². The van der Waals surface area contributed by atoms with Crippen LogP contribution < -0.4 is 0 Å².